The molecule has 21 heavy (non-hydrogen) atoms. The van der Waals surface area contributed by atoms with Crippen LogP contribution in [0.3, 0.4) is 0 Å². The largest absolute Gasteiger partial charge is 0.399 e. The summed E-state index contributed by atoms with van der Waals surface area (Å²) in [5.74, 6) is 0.983. The van der Waals surface area contributed by atoms with Crippen molar-refractivity contribution < 1.29 is 4.79 Å². The van der Waals surface area contributed by atoms with Crippen molar-refractivity contribution in [3.05, 3.63) is 29.8 Å². The zero-order valence-corrected chi connectivity index (χ0v) is 13.0. The molecule has 0 spiro atoms. The van der Waals surface area contributed by atoms with Crippen LogP contribution < -0.4 is 11.1 Å². The molecule has 0 atom stereocenters. The Balaban J connectivity index is 1.59. The van der Waals surface area contributed by atoms with Gasteiger partial charge in [0.25, 0.3) is 0 Å². The number of rotatable bonds is 6. The lowest BCUT2D eigenvalue weighted by Gasteiger charge is -2.30. The van der Waals surface area contributed by atoms with Gasteiger partial charge in [0, 0.05) is 25.2 Å². The molecule has 1 aromatic rings. The average molecular weight is 289 g/mol. The number of benzene rings is 1. The molecule has 1 aliphatic rings. The Labute approximate surface area is 127 Å². The lowest BCUT2D eigenvalue weighted by molar-refractivity contribution is -0.121. The number of nitrogens with two attached hydrogens (primary N) is 1. The molecule has 0 radical (unpaired) electrons. The predicted octanol–water partition coefficient (Wildman–Crippen LogP) is 2.05. The van der Waals surface area contributed by atoms with E-state index in [-0.39, 0.29) is 5.91 Å². The summed E-state index contributed by atoms with van der Waals surface area (Å²) < 4.78 is 0. The van der Waals surface area contributed by atoms with Gasteiger partial charge < -0.3 is 16.0 Å². The summed E-state index contributed by atoms with van der Waals surface area (Å²) in [7, 11) is 0. The molecule has 1 aliphatic heterocycles. The fourth-order valence-corrected chi connectivity index (χ4v) is 2.73. The first kappa shape index (κ1) is 15.8. The zero-order valence-electron chi connectivity index (χ0n) is 13.0. The maximum atomic E-state index is 11.8. The van der Waals surface area contributed by atoms with E-state index < -0.39 is 0 Å². The van der Waals surface area contributed by atoms with Gasteiger partial charge >= 0.3 is 0 Å². The Hall–Kier alpha value is -1.55. The van der Waals surface area contributed by atoms with Gasteiger partial charge in [0.05, 0.1) is 0 Å². The van der Waals surface area contributed by atoms with Gasteiger partial charge in [0.1, 0.15) is 0 Å². The lowest BCUT2D eigenvalue weighted by Crippen LogP contribution is -2.39. The predicted molar refractivity (Wildman–Crippen MR) is 87.0 cm³/mol. The van der Waals surface area contributed by atoms with Crippen LogP contribution in [-0.4, -0.2) is 37.0 Å². The molecule has 1 fully saturated rings. The number of hydrogen-bond acceptors (Lipinski definition) is 3. The maximum Gasteiger partial charge on any atom is 0.220 e. The Morgan fingerprint density at radius 1 is 1.38 bits per heavy atom. The number of nitrogens with one attached hydrogen (secondary N) is 1. The van der Waals surface area contributed by atoms with E-state index in [1.807, 2.05) is 24.3 Å². The third-order valence-electron chi connectivity index (χ3n) is 4.22. The number of carbonyl (C=O) groups is 1. The first-order chi connectivity index (χ1) is 10.1. The van der Waals surface area contributed by atoms with Crippen LogP contribution in [0.15, 0.2) is 24.3 Å². The number of carbonyl (C=O) groups excluding carboxylic acids is 1. The van der Waals surface area contributed by atoms with Gasteiger partial charge in [-0.1, -0.05) is 19.1 Å². The van der Waals surface area contributed by atoms with Crippen LogP contribution in [0.25, 0.3) is 0 Å². The second kappa shape index (κ2) is 8.03. The van der Waals surface area contributed by atoms with Gasteiger partial charge in [0.15, 0.2) is 0 Å². The van der Waals surface area contributed by atoms with Crippen molar-refractivity contribution in [2.24, 2.45) is 5.92 Å². The summed E-state index contributed by atoms with van der Waals surface area (Å²) in [5, 5.41) is 3.01. The highest BCUT2D eigenvalue weighted by Gasteiger charge is 2.15. The number of amides is 1. The SMILES string of the molecule is CC1CCN(CCNC(=O)CCc2cccc(N)c2)CC1. The van der Waals surface area contributed by atoms with E-state index in [2.05, 4.69) is 17.1 Å². The molecule has 116 valence electrons. The highest BCUT2D eigenvalue weighted by atomic mass is 16.1. The summed E-state index contributed by atoms with van der Waals surface area (Å²) in [6.07, 6.45) is 3.84. The van der Waals surface area contributed by atoms with Gasteiger partial charge in [-0.2, -0.15) is 0 Å². The van der Waals surface area contributed by atoms with Crippen molar-refractivity contribution in [3.63, 3.8) is 0 Å². The number of aryl methyl sites for hydroxylation is 1. The summed E-state index contributed by atoms with van der Waals surface area (Å²) >= 11 is 0. The minimum atomic E-state index is 0.128. The average Bonchev–Trinajstić information content (AvgIpc) is 2.47. The second-order valence-electron chi connectivity index (χ2n) is 6.12. The molecule has 0 aliphatic carbocycles. The highest BCUT2D eigenvalue weighted by molar-refractivity contribution is 5.76. The topological polar surface area (TPSA) is 58.4 Å². The molecule has 2 rings (SSSR count). The first-order valence-corrected chi connectivity index (χ1v) is 7.97. The highest BCUT2D eigenvalue weighted by Crippen LogP contribution is 2.15. The normalized spacial score (nSPS) is 16.8. The summed E-state index contributed by atoms with van der Waals surface area (Å²) in [6, 6.07) is 7.74. The lowest BCUT2D eigenvalue weighted by atomic mass is 9.99. The zero-order chi connectivity index (χ0) is 15.1. The van der Waals surface area contributed by atoms with Crippen LogP contribution in [0, 0.1) is 5.92 Å². The van der Waals surface area contributed by atoms with Gasteiger partial charge in [-0.05, 0) is 56.0 Å². The Morgan fingerprint density at radius 2 is 2.14 bits per heavy atom. The molecule has 0 bridgehead atoms. The van der Waals surface area contributed by atoms with Crippen molar-refractivity contribution in [1.82, 2.24) is 10.2 Å². The van der Waals surface area contributed by atoms with Gasteiger partial charge in [-0.25, -0.2) is 0 Å². The van der Waals surface area contributed by atoms with E-state index in [9.17, 15) is 4.79 Å². The quantitative estimate of drug-likeness (QED) is 0.788. The number of hydrogen-bond donors (Lipinski definition) is 2. The Bertz CT molecular complexity index is 453. The fourth-order valence-electron chi connectivity index (χ4n) is 2.73. The molecule has 1 amide bonds. The van der Waals surface area contributed by atoms with E-state index in [0.717, 1.165) is 36.7 Å². The van der Waals surface area contributed by atoms with Gasteiger partial charge in [-0.15, -0.1) is 0 Å². The molecule has 0 unspecified atom stereocenters. The molecule has 0 aromatic heterocycles. The number of likely N-dealkylation sites (tertiary alicyclic amines) is 1. The third kappa shape index (κ3) is 5.76. The van der Waals surface area contributed by atoms with E-state index >= 15 is 0 Å². The summed E-state index contributed by atoms with van der Waals surface area (Å²) in [6.45, 7) is 6.37. The van der Waals surface area contributed by atoms with Crippen molar-refractivity contribution in [3.8, 4) is 0 Å². The van der Waals surface area contributed by atoms with Gasteiger partial charge in [0.2, 0.25) is 5.91 Å². The molecular weight excluding hydrogens is 262 g/mol. The fraction of sp³-hybridized carbons (Fsp3) is 0.588. The maximum absolute atomic E-state index is 11.8. The molecule has 1 aromatic carbocycles. The van der Waals surface area contributed by atoms with Crippen molar-refractivity contribution in [2.45, 2.75) is 32.6 Å². The molecular formula is C17H27N3O. The van der Waals surface area contributed by atoms with Crippen molar-refractivity contribution in [2.75, 3.05) is 31.9 Å². The molecule has 4 nitrogen and oxygen atoms in total. The minimum Gasteiger partial charge on any atom is -0.399 e. The molecule has 0 saturated carbocycles. The van der Waals surface area contributed by atoms with E-state index in [1.54, 1.807) is 0 Å². The minimum absolute atomic E-state index is 0.128. The van der Waals surface area contributed by atoms with Gasteiger partial charge in [-0.3, -0.25) is 4.79 Å². The molecule has 1 saturated heterocycles. The van der Waals surface area contributed by atoms with Crippen molar-refractivity contribution >= 4 is 11.6 Å². The van der Waals surface area contributed by atoms with E-state index in [0.29, 0.717) is 6.42 Å². The molecule has 3 N–H and O–H groups in total. The standard InChI is InChI=1S/C17H27N3O/c1-14-7-10-20(11-8-14)12-9-19-17(21)6-5-15-3-2-4-16(18)13-15/h2-4,13-14H,5-12,18H2,1H3,(H,19,21). The van der Waals surface area contributed by atoms with Crippen LogP contribution in [-0.2, 0) is 11.2 Å². The van der Waals surface area contributed by atoms with E-state index in [4.69, 9.17) is 5.73 Å². The van der Waals surface area contributed by atoms with E-state index in [1.165, 1.54) is 25.9 Å². The van der Waals surface area contributed by atoms with Crippen molar-refractivity contribution in [1.29, 1.82) is 0 Å². The number of anilines is 1. The van der Waals surface area contributed by atoms with Crippen LogP contribution >= 0.6 is 0 Å². The summed E-state index contributed by atoms with van der Waals surface area (Å²) in [5.41, 5.74) is 7.61. The molecule has 1 heterocycles. The number of nitrogen functional groups attached to an aromatic ring is 1. The van der Waals surface area contributed by atoms with Crippen LogP contribution in [0.2, 0.25) is 0 Å². The number of piperidine rings is 1. The second-order valence-corrected chi connectivity index (χ2v) is 6.12. The summed E-state index contributed by atoms with van der Waals surface area (Å²) in [4.78, 5) is 14.3. The monoisotopic (exact) mass is 289 g/mol. The Morgan fingerprint density at radius 3 is 2.86 bits per heavy atom. The van der Waals surface area contributed by atoms with Crippen LogP contribution in [0.5, 0.6) is 0 Å². The molecule has 4 heteroatoms. The smallest absolute Gasteiger partial charge is 0.220 e. The first-order valence-electron chi connectivity index (χ1n) is 7.97. The number of nitrogens with zero attached hydrogens (tertiary/aromatic N) is 1. The Kier molecular flexibility index (Phi) is 6.05. The third-order valence-corrected chi connectivity index (χ3v) is 4.22. The van der Waals surface area contributed by atoms with Crippen LogP contribution in [0.4, 0.5) is 5.69 Å². The van der Waals surface area contributed by atoms with Crippen LogP contribution in [0.1, 0.15) is 31.7 Å².